The molecule has 0 aliphatic heterocycles. The molecule has 2 aromatic carbocycles. The van der Waals surface area contributed by atoms with Crippen molar-refractivity contribution in [3.8, 4) is 5.75 Å². The van der Waals surface area contributed by atoms with Gasteiger partial charge in [0.1, 0.15) is 16.5 Å². The van der Waals surface area contributed by atoms with Gasteiger partial charge in [-0.1, -0.05) is 12.1 Å². The van der Waals surface area contributed by atoms with E-state index in [1.807, 2.05) is 0 Å². The molecule has 6 heteroatoms. The van der Waals surface area contributed by atoms with E-state index in [0.29, 0.717) is 24.0 Å². The molecular formula is C16H13FO4S. The van der Waals surface area contributed by atoms with Gasteiger partial charge in [0.15, 0.2) is 5.78 Å². The molecule has 0 amide bonds. The lowest BCUT2D eigenvalue weighted by Gasteiger charge is -2.12. The Morgan fingerprint density at radius 3 is 2.64 bits per heavy atom. The first-order valence-electron chi connectivity index (χ1n) is 6.74. The van der Waals surface area contributed by atoms with E-state index in [9.17, 15) is 17.6 Å². The molecule has 0 fully saturated rings. The first-order chi connectivity index (χ1) is 10.4. The molecule has 0 saturated carbocycles. The van der Waals surface area contributed by atoms with Crippen LogP contribution in [0.1, 0.15) is 27.9 Å². The quantitative estimate of drug-likeness (QED) is 0.816. The van der Waals surface area contributed by atoms with E-state index in [0.717, 1.165) is 12.1 Å². The number of hydrogen-bond donors (Lipinski definition) is 0. The lowest BCUT2D eigenvalue weighted by Crippen LogP contribution is -2.12. The van der Waals surface area contributed by atoms with Gasteiger partial charge in [0, 0.05) is 17.5 Å². The molecule has 4 nitrogen and oxygen atoms in total. The molecule has 0 spiro atoms. The van der Waals surface area contributed by atoms with Crippen molar-refractivity contribution in [3.05, 3.63) is 58.9 Å². The average Bonchev–Trinajstić information content (AvgIpc) is 2.81. The number of Topliss-reactive ketones (excluding diaryl/α,β-unsaturated/α-hetero) is 1. The van der Waals surface area contributed by atoms with Gasteiger partial charge < -0.3 is 4.18 Å². The highest BCUT2D eigenvalue weighted by atomic mass is 32.2. The highest BCUT2D eigenvalue weighted by Crippen LogP contribution is 2.32. The Kier molecular flexibility index (Phi) is 3.48. The van der Waals surface area contributed by atoms with Crippen molar-refractivity contribution in [1.82, 2.24) is 0 Å². The van der Waals surface area contributed by atoms with E-state index in [-0.39, 0.29) is 22.0 Å². The van der Waals surface area contributed by atoms with Gasteiger partial charge in [-0.15, -0.1) is 0 Å². The zero-order chi connectivity index (χ0) is 15.9. The summed E-state index contributed by atoms with van der Waals surface area (Å²) in [5.41, 5.74) is 1.38. The van der Waals surface area contributed by atoms with Crippen molar-refractivity contribution in [2.24, 2.45) is 0 Å². The van der Waals surface area contributed by atoms with Crippen LogP contribution >= 0.6 is 0 Å². The number of aryl methyl sites for hydroxylation is 1. The molecule has 0 heterocycles. The Balaban J connectivity index is 2.01. The fraction of sp³-hybridized carbons (Fsp3) is 0.188. The third-order valence-corrected chi connectivity index (χ3v) is 5.04. The summed E-state index contributed by atoms with van der Waals surface area (Å²) in [4.78, 5) is 11.6. The predicted molar refractivity (Wildman–Crippen MR) is 78.0 cm³/mol. The Morgan fingerprint density at radius 2 is 1.91 bits per heavy atom. The molecule has 0 bridgehead atoms. The van der Waals surface area contributed by atoms with Crippen LogP contribution in [0.3, 0.4) is 0 Å². The standard InChI is InChI=1S/C16H13FO4S/c1-10-9-11(17)5-8-16(10)22(19,20)21-15-4-2-3-12-13(15)6-7-14(12)18/h2-5,8-9H,6-7H2,1H3. The van der Waals surface area contributed by atoms with Crippen molar-refractivity contribution in [1.29, 1.82) is 0 Å². The Bertz CT molecular complexity index is 872. The van der Waals surface area contributed by atoms with E-state index in [2.05, 4.69) is 0 Å². The van der Waals surface area contributed by atoms with Crippen molar-refractivity contribution < 1.29 is 21.8 Å². The summed E-state index contributed by atoms with van der Waals surface area (Å²) in [7, 11) is -4.08. The molecule has 0 unspecified atom stereocenters. The maximum atomic E-state index is 13.1. The monoisotopic (exact) mass is 320 g/mol. The lowest BCUT2D eigenvalue weighted by atomic mass is 10.1. The number of carbonyl (C=O) groups is 1. The second kappa shape index (κ2) is 5.21. The van der Waals surface area contributed by atoms with Crippen molar-refractivity contribution in [2.45, 2.75) is 24.7 Å². The van der Waals surface area contributed by atoms with Crippen LogP contribution in [-0.2, 0) is 16.5 Å². The van der Waals surface area contributed by atoms with Crippen LogP contribution in [0.5, 0.6) is 5.75 Å². The van der Waals surface area contributed by atoms with Gasteiger partial charge in [0.05, 0.1) is 0 Å². The summed E-state index contributed by atoms with van der Waals surface area (Å²) in [6.45, 7) is 1.50. The Morgan fingerprint density at radius 1 is 1.14 bits per heavy atom. The van der Waals surface area contributed by atoms with Crippen LogP contribution in [0.25, 0.3) is 0 Å². The van der Waals surface area contributed by atoms with Crippen LogP contribution in [0.2, 0.25) is 0 Å². The van der Waals surface area contributed by atoms with Gasteiger partial charge in [-0.2, -0.15) is 8.42 Å². The van der Waals surface area contributed by atoms with Crippen LogP contribution in [0, 0.1) is 12.7 Å². The molecule has 0 atom stereocenters. The molecular weight excluding hydrogens is 307 g/mol. The third-order valence-electron chi connectivity index (χ3n) is 3.64. The fourth-order valence-corrected chi connectivity index (χ4v) is 3.76. The minimum atomic E-state index is -4.08. The molecule has 0 saturated heterocycles. The number of ketones is 1. The zero-order valence-corrected chi connectivity index (χ0v) is 12.6. The van der Waals surface area contributed by atoms with Gasteiger partial charge in [-0.25, -0.2) is 4.39 Å². The zero-order valence-electron chi connectivity index (χ0n) is 11.8. The highest BCUT2D eigenvalue weighted by molar-refractivity contribution is 7.87. The van der Waals surface area contributed by atoms with Gasteiger partial charge in [0.2, 0.25) is 0 Å². The Hall–Kier alpha value is -2.21. The van der Waals surface area contributed by atoms with Gasteiger partial charge >= 0.3 is 10.1 Å². The van der Waals surface area contributed by atoms with Crippen LogP contribution in [0.4, 0.5) is 4.39 Å². The van der Waals surface area contributed by atoms with E-state index in [1.54, 1.807) is 12.1 Å². The minimum absolute atomic E-state index is 0.0178. The molecule has 0 radical (unpaired) electrons. The molecule has 0 N–H and O–H groups in total. The van der Waals surface area contributed by atoms with Crippen LogP contribution in [0.15, 0.2) is 41.3 Å². The number of fused-ring (bicyclic) bond motifs is 1. The molecule has 1 aliphatic carbocycles. The molecule has 22 heavy (non-hydrogen) atoms. The second-order valence-electron chi connectivity index (χ2n) is 5.15. The summed E-state index contributed by atoms with van der Waals surface area (Å²) in [6.07, 6.45) is 0.813. The van der Waals surface area contributed by atoms with Gasteiger partial charge in [-0.05, 0) is 43.2 Å². The number of benzene rings is 2. The van der Waals surface area contributed by atoms with Crippen molar-refractivity contribution in [3.63, 3.8) is 0 Å². The predicted octanol–water partition coefficient (Wildman–Crippen LogP) is 3.03. The first kappa shape index (κ1) is 14.7. The van der Waals surface area contributed by atoms with Crippen LogP contribution in [-0.4, -0.2) is 14.2 Å². The van der Waals surface area contributed by atoms with Gasteiger partial charge in [0.25, 0.3) is 0 Å². The number of rotatable bonds is 3. The molecule has 2 aromatic rings. The lowest BCUT2D eigenvalue weighted by molar-refractivity contribution is 0.0994. The Labute approximate surface area is 127 Å². The van der Waals surface area contributed by atoms with E-state index in [4.69, 9.17) is 4.18 Å². The second-order valence-corrected chi connectivity index (χ2v) is 6.67. The maximum Gasteiger partial charge on any atom is 0.339 e. The maximum absolute atomic E-state index is 13.1. The summed E-state index contributed by atoms with van der Waals surface area (Å²) < 4.78 is 43.1. The summed E-state index contributed by atoms with van der Waals surface area (Å²) in [5.74, 6) is -0.370. The van der Waals surface area contributed by atoms with Crippen molar-refractivity contribution in [2.75, 3.05) is 0 Å². The molecule has 1 aliphatic rings. The molecule has 114 valence electrons. The number of carbonyl (C=O) groups excluding carboxylic acids is 1. The summed E-state index contributed by atoms with van der Waals surface area (Å²) in [6, 6.07) is 8.15. The number of halogens is 1. The SMILES string of the molecule is Cc1cc(F)ccc1S(=O)(=O)Oc1cccc2c1CCC2=O. The average molecular weight is 320 g/mol. The van der Waals surface area contributed by atoms with Crippen LogP contribution < -0.4 is 4.18 Å². The van der Waals surface area contributed by atoms with Crippen molar-refractivity contribution >= 4 is 15.9 Å². The molecule has 0 aromatic heterocycles. The smallest absolute Gasteiger partial charge is 0.339 e. The minimum Gasteiger partial charge on any atom is -0.379 e. The third kappa shape index (κ3) is 2.50. The van der Waals surface area contributed by atoms with Gasteiger partial charge in [-0.3, -0.25) is 4.79 Å². The molecule has 3 rings (SSSR count). The topological polar surface area (TPSA) is 60.4 Å². The summed E-state index contributed by atoms with van der Waals surface area (Å²) in [5, 5.41) is 0. The van der Waals surface area contributed by atoms with E-state index in [1.165, 1.54) is 19.1 Å². The van der Waals surface area contributed by atoms with E-state index < -0.39 is 15.9 Å². The number of hydrogen-bond acceptors (Lipinski definition) is 4. The normalized spacial score (nSPS) is 14.0. The highest BCUT2D eigenvalue weighted by Gasteiger charge is 2.26. The first-order valence-corrected chi connectivity index (χ1v) is 8.15. The summed E-state index contributed by atoms with van der Waals surface area (Å²) >= 11 is 0. The largest absolute Gasteiger partial charge is 0.379 e. The fourth-order valence-electron chi connectivity index (χ4n) is 2.59. The van der Waals surface area contributed by atoms with E-state index >= 15 is 0 Å².